The topological polar surface area (TPSA) is 68.2 Å². The van der Waals surface area contributed by atoms with Gasteiger partial charge in [0.15, 0.2) is 0 Å². The number of pyridine rings is 3. The third-order valence-corrected chi connectivity index (χ3v) is 24.6. The quantitative estimate of drug-likeness (QED) is 0.145. The molecule has 9 heterocycles. The molecule has 9 aromatic heterocycles. The highest BCUT2D eigenvalue weighted by Gasteiger charge is 2.23. The molecule has 0 aliphatic rings. The third-order valence-electron chi connectivity index (χ3n) is 24.6. The van der Waals surface area contributed by atoms with Crippen LogP contribution in [-0.2, 0) is 0 Å². The summed E-state index contributed by atoms with van der Waals surface area (Å²) in [4.78, 5) is 14.7. The number of fused-ring (bicyclic) bond motifs is 20. The molecule has 26 aromatic rings. The van der Waals surface area contributed by atoms with E-state index in [1.54, 1.807) is 0 Å². The standard InChI is InChI=1S/2C39H25N3.C35H23N3/c1-2-13-29(14-3-1)41-36-18-8-7-17-32(36)34-24-28(25-40-39(34)41)27-21-22-38-33(23-27)31-16-6-9-19-37(31)42(38)35-20-10-12-26-11-4-5-15-30(26)35;1-2-11-30(12-3-1)41-37-21-18-29(25-34(37)39-38(41)15-8-22-40-39)28-17-20-36-33(24-28)32-13-6-7-14-35(32)42(36)31-19-16-26-9-4-5-10-27(26)23-31;1-3-11-25(12-4-1)37-31-18-8-7-15-28(31)30-23-24(20-21-32(30)37)27-16-9-19-33-34(27)29-17-10-22-36-35(29)38(33)26-13-5-2-6-14-26/h2*1-25H;1-23H. The number of rotatable bonds is 9. The molecule has 0 fully saturated rings. The summed E-state index contributed by atoms with van der Waals surface area (Å²) in [5.41, 5.74) is 28.8. The van der Waals surface area contributed by atoms with Crippen molar-refractivity contribution in [3.63, 3.8) is 0 Å². The third kappa shape index (κ3) is 11.4. The lowest BCUT2D eigenvalue weighted by atomic mass is 9.98. The number of nitrogens with zero attached hydrogens (tertiary/aromatic N) is 9. The Morgan fingerprint density at radius 3 is 1.16 bits per heavy atom. The molecule has 9 heteroatoms. The van der Waals surface area contributed by atoms with E-state index < -0.39 is 0 Å². The van der Waals surface area contributed by atoms with Crippen LogP contribution in [0.2, 0.25) is 0 Å². The summed E-state index contributed by atoms with van der Waals surface area (Å²) in [7, 11) is 0. The maximum absolute atomic E-state index is 5.06. The minimum atomic E-state index is 0.972. The Labute approximate surface area is 701 Å². The monoisotopic (exact) mass is 1560 g/mol. The van der Waals surface area contributed by atoms with Gasteiger partial charge in [-0.15, -0.1) is 0 Å². The van der Waals surface area contributed by atoms with Gasteiger partial charge in [0.2, 0.25) is 0 Å². The molecule has 9 nitrogen and oxygen atoms in total. The maximum atomic E-state index is 5.06. The molecule has 0 aliphatic heterocycles. The summed E-state index contributed by atoms with van der Waals surface area (Å²) in [5.74, 6) is 0. The van der Waals surface area contributed by atoms with E-state index in [9.17, 15) is 0 Å². The largest absolute Gasteiger partial charge is 0.309 e. The van der Waals surface area contributed by atoms with Crippen molar-refractivity contribution in [1.29, 1.82) is 0 Å². The zero-order valence-corrected chi connectivity index (χ0v) is 66.2. The van der Waals surface area contributed by atoms with E-state index in [0.717, 1.165) is 83.2 Å². The van der Waals surface area contributed by atoms with Gasteiger partial charge in [-0.25, -0.2) is 9.97 Å². The number of hydrogen-bond acceptors (Lipinski definition) is 3. The molecule has 0 bridgehead atoms. The fourth-order valence-electron chi connectivity index (χ4n) is 19.2. The zero-order chi connectivity index (χ0) is 80.3. The molecule has 0 unspecified atom stereocenters. The Morgan fingerprint density at radius 2 is 0.549 bits per heavy atom. The van der Waals surface area contributed by atoms with Crippen molar-refractivity contribution in [3.05, 3.63) is 443 Å². The van der Waals surface area contributed by atoms with Gasteiger partial charge in [0, 0.05) is 117 Å². The smallest absolute Gasteiger partial charge is 0.145 e. The van der Waals surface area contributed by atoms with Crippen LogP contribution in [0.1, 0.15) is 0 Å². The predicted octanol–water partition coefficient (Wildman–Crippen LogP) is 29.1. The normalized spacial score (nSPS) is 11.8. The first-order chi connectivity index (χ1) is 60.6. The highest BCUT2D eigenvalue weighted by Crippen LogP contribution is 2.45. The van der Waals surface area contributed by atoms with Gasteiger partial charge in [0.1, 0.15) is 11.3 Å². The highest BCUT2D eigenvalue weighted by atomic mass is 15.1. The van der Waals surface area contributed by atoms with Gasteiger partial charge >= 0.3 is 0 Å². The van der Waals surface area contributed by atoms with Gasteiger partial charge < -0.3 is 18.3 Å². The van der Waals surface area contributed by atoms with Crippen LogP contribution in [0.4, 0.5) is 0 Å². The van der Waals surface area contributed by atoms with Crippen molar-refractivity contribution in [2.45, 2.75) is 0 Å². The molecule has 122 heavy (non-hydrogen) atoms. The van der Waals surface area contributed by atoms with Crippen LogP contribution in [0, 0.1) is 0 Å². The number of para-hydroxylation sites is 8. The van der Waals surface area contributed by atoms with Crippen molar-refractivity contribution in [1.82, 2.24) is 42.4 Å². The summed E-state index contributed by atoms with van der Waals surface area (Å²) < 4.78 is 14.0. The molecule has 17 aromatic carbocycles. The Bertz CT molecular complexity index is 8630. The SMILES string of the molecule is c1ccc(-n2c3ccc(-c4ccc5c(c4)c4ccccc4n5-c4ccc5ccccc5c4)cc3c3ncccc32)cc1.c1ccc(-n2c3ccccc3c3cc(-c4ccc5c(c4)c4ccccc4n5-c4cccc5ccccc45)cnc32)cc1.c1ccc(-n2c3ccccc3c3cc(-c4cccc5c4c4cccnc4n5-c4ccccc4)ccc32)cc1. The first-order valence-corrected chi connectivity index (χ1v) is 41.5. The van der Waals surface area contributed by atoms with Gasteiger partial charge in [0.25, 0.3) is 0 Å². The zero-order valence-electron chi connectivity index (χ0n) is 66.2. The fourth-order valence-corrected chi connectivity index (χ4v) is 19.2. The van der Waals surface area contributed by atoms with Crippen molar-refractivity contribution >= 4 is 153 Å². The van der Waals surface area contributed by atoms with Gasteiger partial charge in [-0.2, -0.15) is 0 Å². The summed E-state index contributed by atoms with van der Waals surface area (Å²) in [5, 5.41) is 18.4. The number of benzene rings is 17. The van der Waals surface area contributed by atoms with Crippen molar-refractivity contribution < 1.29 is 0 Å². The lowest BCUT2D eigenvalue weighted by Gasteiger charge is -2.12. The number of hydrogen-bond donors (Lipinski definition) is 0. The van der Waals surface area contributed by atoms with E-state index in [-0.39, 0.29) is 0 Å². The molecular formula is C113H73N9. The minimum Gasteiger partial charge on any atom is -0.309 e. The van der Waals surface area contributed by atoms with Gasteiger partial charge in [-0.1, -0.05) is 249 Å². The molecule has 0 atom stereocenters. The van der Waals surface area contributed by atoms with Crippen molar-refractivity contribution in [2.24, 2.45) is 0 Å². The van der Waals surface area contributed by atoms with Crippen LogP contribution >= 0.6 is 0 Å². The van der Waals surface area contributed by atoms with Crippen LogP contribution in [0.25, 0.3) is 220 Å². The summed E-state index contributed by atoms with van der Waals surface area (Å²) >= 11 is 0. The molecular weight excluding hydrogens is 1480 g/mol. The number of aromatic nitrogens is 9. The second-order valence-corrected chi connectivity index (χ2v) is 31.4. The highest BCUT2D eigenvalue weighted by molar-refractivity contribution is 6.19. The predicted molar refractivity (Wildman–Crippen MR) is 510 cm³/mol. The molecule has 26 rings (SSSR count). The molecule has 0 spiro atoms. The molecule has 0 saturated carbocycles. The molecule has 570 valence electrons. The summed E-state index contributed by atoms with van der Waals surface area (Å²) in [6, 6.07) is 152. The Morgan fingerprint density at radius 1 is 0.172 bits per heavy atom. The second-order valence-electron chi connectivity index (χ2n) is 31.4. The van der Waals surface area contributed by atoms with Crippen LogP contribution in [0.3, 0.4) is 0 Å². The molecule has 0 N–H and O–H groups in total. The van der Waals surface area contributed by atoms with Gasteiger partial charge in [-0.05, 0) is 220 Å². The van der Waals surface area contributed by atoms with Crippen LogP contribution in [-0.4, -0.2) is 42.4 Å². The van der Waals surface area contributed by atoms with E-state index in [1.165, 1.54) is 137 Å². The minimum absolute atomic E-state index is 0.972. The Kier molecular flexibility index (Phi) is 16.4. The van der Waals surface area contributed by atoms with Crippen LogP contribution in [0.15, 0.2) is 443 Å². The van der Waals surface area contributed by atoms with Gasteiger partial charge in [0.05, 0.1) is 66.4 Å². The lowest BCUT2D eigenvalue weighted by Crippen LogP contribution is -1.95. The summed E-state index contributed by atoms with van der Waals surface area (Å²) in [6.45, 7) is 0. The van der Waals surface area contributed by atoms with Crippen molar-refractivity contribution in [3.8, 4) is 67.5 Å². The Hall–Kier alpha value is -16.5. The van der Waals surface area contributed by atoms with Gasteiger partial charge in [-0.3, -0.25) is 14.1 Å². The van der Waals surface area contributed by atoms with E-state index in [1.807, 2.05) is 30.7 Å². The van der Waals surface area contributed by atoms with E-state index >= 15 is 0 Å². The van der Waals surface area contributed by atoms with Crippen molar-refractivity contribution in [2.75, 3.05) is 0 Å². The first-order valence-electron chi connectivity index (χ1n) is 41.5. The average Bonchev–Trinajstić information content (AvgIpc) is 1.66. The van der Waals surface area contributed by atoms with E-state index in [0.29, 0.717) is 0 Å². The lowest BCUT2D eigenvalue weighted by molar-refractivity contribution is 1.14. The maximum Gasteiger partial charge on any atom is 0.145 e. The van der Waals surface area contributed by atoms with Crippen LogP contribution < -0.4 is 0 Å². The second kappa shape index (κ2) is 28.7. The molecule has 0 amide bonds. The Balaban J connectivity index is 0.000000104. The first kappa shape index (κ1) is 69.8. The van der Waals surface area contributed by atoms with E-state index in [4.69, 9.17) is 15.0 Å². The molecule has 0 aliphatic carbocycles. The van der Waals surface area contributed by atoms with Crippen LogP contribution in [0.5, 0.6) is 0 Å². The van der Waals surface area contributed by atoms with E-state index in [2.05, 4.69) is 440 Å². The molecule has 0 saturated heterocycles. The average molecular weight is 1560 g/mol. The molecule has 0 radical (unpaired) electrons. The fraction of sp³-hybridized carbons (Fsp3) is 0. The summed E-state index contributed by atoms with van der Waals surface area (Å²) in [6.07, 6.45) is 5.79.